The van der Waals surface area contributed by atoms with Crippen LogP contribution in [0.2, 0.25) is 0 Å². The number of nitrogens with one attached hydrogen (secondary N) is 2. The molecule has 1 aliphatic rings. The first-order valence-electron chi connectivity index (χ1n) is 8.82. The van der Waals surface area contributed by atoms with E-state index in [2.05, 4.69) is 17.6 Å². The van der Waals surface area contributed by atoms with E-state index in [1.165, 1.54) is 0 Å². The monoisotopic (exact) mass is 378 g/mol. The summed E-state index contributed by atoms with van der Waals surface area (Å²) in [7, 11) is 0. The second-order valence-corrected chi connectivity index (χ2v) is 7.21. The molecule has 1 aromatic carbocycles. The van der Waals surface area contributed by atoms with Gasteiger partial charge < -0.3 is 20.1 Å². The molecule has 0 aliphatic carbocycles. The van der Waals surface area contributed by atoms with Crippen molar-refractivity contribution in [1.29, 1.82) is 0 Å². The van der Waals surface area contributed by atoms with Gasteiger partial charge in [0.1, 0.15) is 12.4 Å². The minimum Gasteiger partial charge on any atom is -0.494 e. The molecular weight excluding hydrogens is 352 g/mol. The van der Waals surface area contributed by atoms with Crippen LogP contribution in [0.1, 0.15) is 38.8 Å². The van der Waals surface area contributed by atoms with E-state index in [-0.39, 0.29) is 6.03 Å². The molecule has 0 saturated heterocycles. The highest BCUT2D eigenvalue weighted by Gasteiger charge is 2.32. The lowest BCUT2D eigenvalue weighted by atomic mass is 9.95. The maximum Gasteiger partial charge on any atom is 0.338 e. The largest absolute Gasteiger partial charge is 0.494 e. The van der Waals surface area contributed by atoms with Crippen molar-refractivity contribution in [3.63, 3.8) is 0 Å². The number of esters is 1. The van der Waals surface area contributed by atoms with Crippen molar-refractivity contribution >= 4 is 23.8 Å². The third kappa shape index (κ3) is 5.42. The van der Waals surface area contributed by atoms with E-state index >= 15 is 0 Å². The summed E-state index contributed by atoms with van der Waals surface area (Å²) in [5.41, 5.74) is 1.74. The van der Waals surface area contributed by atoms with E-state index in [4.69, 9.17) is 9.47 Å². The van der Waals surface area contributed by atoms with Gasteiger partial charge in [0.2, 0.25) is 0 Å². The Morgan fingerprint density at radius 1 is 1.19 bits per heavy atom. The third-order valence-corrected chi connectivity index (χ3v) is 4.70. The van der Waals surface area contributed by atoms with E-state index in [1.54, 1.807) is 18.7 Å². The number of allylic oxidation sites excluding steroid dienone is 1. The molecule has 2 rings (SSSR count). The van der Waals surface area contributed by atoms with Crippen molar-refractivity contribution in [1.82, 2.24) is 10.6 Å². The van der Waals surface area contributed by atoms with Crippen LogP contribution in [0.25, 0.3) is 0 Å². The van der Waals surface area contributed by atoms with Gasteiger partial charge in [0.05, 0.1) is 18.2 Å². The van der Waals surface area contributed by atoms with Crippen molar-refractivity contribution in [2.45, 2.75) is 33.2 Å². The van der Waals surface area contributed by atoms with Gasteiger partial charge in [-0.2, -0.15) is 11.8 Å². The quantitative estimate of drug-likeness (QED) is 0.509. The van der Waals surface area contributed by atoms with Crippen LogP contribution in [0.4, 0.5) is 4.79 Å². The van der Waals surface area contributed by atoms with Gasteiger partial charge in [0.25, 0.3) is 0 Å². The predicted molar refractivity (Wildman–Crippen MR) is 103 cm³/mol. The molecule has 1 aromatic rings. The molecule has 0 bridgehead atoms. The molecule has 0 radical (unpaired) electrons. The maximum absolute atomic E-state index is 12.6. The van der Waals surface area contributed by atoms with Gasteiger partial charge >= 0.3 is 12.0 Å². The molecule has 1 atom stereocenters. The van der Waals surface area contributed by atoms with E-state index in [9.17, 15) is 9.59 Å². The Kier molecular flexibility index (Phi) is 7.84. The Hall–Kier alpha value is -2.15. The summed E-state index contributed by atoms with van der Waals surface area (Å²) in [6, 6.07) is 6.51. The molecule has 142 valence electrons. The van der Waals surface area contributed by atoms with Gasteiger partial charge in [-0.25, -0.2) is 9.59 Å². The molecule has 0 unspecified atom stereocenters. The van der Waals surface area contributed by atoms with Crippen molar-refractivity contribution < 1.29 is 19.1 Å². The van der Waals surface area contributed by atoms with Crippen LogP contribution in [0, 0.1) is 0 Å². The first kappa shape index (κ1) is 20.2. The van der Waals surface area contributed by atoms with Gasteiger partial charge in [-0.1, -0.05) is 26.0 Å². The van der Waals surface area contributed by atoms with Gasteiger partial charge in [0, 0.05) is 11.4 Å². The summed E-state index contributed by atoms with van der Waals surface area (Å²) in [5, 5.41) is 5.45. The lowest BCUT2D eigenvalue weighted by Gasteiger charge is -2.28. The topological polar surface area (TPSA) is 76.7 Å². The minimum absolute atomic E-state index is 0.336. The SMILES string of the molecule is CCCOc1ccc([C@@H]2NC(=O)NC(C)=C2C(=O)OCCSCC)cc1. The van der Waals surface area contributed by atoms with Crippen molar-refractivity contribution in [3.05, 3.63) is 41.1 Å². The molecule has 2 amide bonds. The summed E-state index contributed by atoms with van der Waals surface area (Å²) < 4.78 is 11.0. The highest BCUT2D eigenvalue weighted by Crippen LogP contribution is 2.29. The summed E-state index contributed by atoms with van der Waals surface area (Å²) in [5.74, 6) is 2.08. The predicted octanol–water partition coefficient (Wildman–Crippen LogP) is 3.40. The second kappa shape index (κ2) is 10.1. The Morgan fingerprint density at radius 2 is 1.92 bits per heavy atom. The number of benzene rings is 1. The minimum atomic E-state index is -0.546. The number of amides is 2. The molecular formula is C19H26N2O4S. The Morgan fingerprint density at radius 3 is 2.58 bits per heavy atom. The fourth-order valence-corrected chi connectivity index (χ4v) is 3.10. The number of urea groups is 1. The number of ether oxygens (including phenoxy) is 2. The van der Waals surface area contributed by atoms with Gasteiger partial charge in [0.15, 0.2) is 0 Å². The van der Waals surface area contributed by atoms with Crippen molar-refractivity contribution in [2.75, 3.05) is 24.7 Å². The van der Waals surface area contributed by atoms with E-state index in [0.29, 0.717) is 24.5 Å². The van der Waals surface area contributed by atoms with Gasteiger partial charge in [-0.05, 0) is 36.8 Å². The van der Waals surface area contributed by atoms with Crippen molar-refractivity contribution in [3.8, 4) is 5.75 Å². The lowest BCUT2D eigenvalue weighted by Crippen LogP contribution is -2.45. The zero-order valence-electron chi connectivity index (χ0n) is 15.5. The van der Waals surface area contributed by atoms with E-state index < -0.39 is 12.0 Å². The lowest BCUT2D eigenvalue weighted by molar-refractivity contribution is -0.138. The molecule has 0 aromatic heterocycles. The summed E-state index contributed by atoms with van der Waals surface area (Å²) >= 11 is 1.71. The van der Waals surface area contributed by atoms with Gasteiger partial charge in [-0.15, -0.1) is 0 Å². The average Bonchev–Trinajstić information content (AvgIpc) is 2.63. The Bertz CT molecular complexity index is 658. The molecule has 6 nitrogen and oxygen atoms in total. The van der Waals surface area contributed by atoms with Crippen LogP contribution < -0.4 is 15.4 Å². The van der Waals surface area contributed by atoms with Crippen LogP contribution in [-0.4, -0.2) is 36.7 Å². The second-order valence-electron chi connectivity index (χ2n) is 5.82. The molecule has 26 heavy (non-hydrogen) atoms. The van der Waals surface area contributed by atoms with Crippen LogP contribution >= 0.6 is 11.8 Å². The standard InChI is InChI=1S/C19H26N2O4S/c1-4-10-24-15-8-6-14(7-9-15)17-16(13(3)20-19(23)21-17)18(22)25-11-12-26-5-2/h6-9,17H,4-5,10-12H2,1-3H3,(H2,20,21,23)/t17-/m0/s1. The Labute approximate surface area is 158 Å². The first-order chi connectivity index (χ1) is 12.6. The van der Waals surface area contributed by atoms with Crippen LogP contribution in [0.15, 0.2) is 35.5 Å². The fraction of sp³-hybridized carbons (Fsp3) is 0.474. The number of thioether (sulfide) groups is 1. The zero-order valence-corrected chi connectivity index (χ0v) is 16.3. The summed E-state index contributed by atoms with van der Waals surface area (Å²) in [4.78, 5) is 24.5. The van der Waals surface area contributed by atoms with Gasteiger partial charge in [-0.3, -0.25) is 0 Å². The number of carbonyl (C=O) groups excluding carboxylic acids is 2. The average molecular weight is 378 g/mol. The number of hydrogen-bond donors (Lipinski definition) is 2. The first-order valence-corrected chi connectivity index (χ1v) is 9.98. The van der Waals surface area contributed by atoms with E-state index in [1.807, 2.05) is 31.2 Å². The number of rotatable bonds is 9. The number of carbonyl (C=O) groups is 2. The highest BCUT2D eigenvalue weighted by atomic mass is 32.2. The van der Waals surface area contributed by atoms with Crippen LogP contribution in [-0.2, 0) is 9.53 Å². The third-order valence-electron chi connectivity index (χ3n) is 3.84. The fourth-order valence-electron chi connectivity index (χ4n) is 2.61. The summed E-state index contributed by atoms with van der Waals surface area (Å²) in [6.45, 7) is 6.81. The van der Waals surface area contributed by atoms with Crippen LogP contribution in [0.3, 0.4) is 0 Å². The molecule has 0 spiro atoms. The van der Waals surface area contributed by atoms with Crippen molar-refractivity contribution in [2.24, 2.45) is 0 Å². The Balaban J connectivity index is 2.16. The summed E-state index contributed by atoms with van der Waals surface area (Å²) in [6.07, 6.45) is 0.931. The normalized spacial score (nSPS) is 16.7. The molecule has 0 saturated carbocycles. The molecule has 1 aliphatic heterocycles. The number of hydrogen-bond acceptors (Lipinski definition) is 5. The molecule has 7 heteroatoms. The highest BCUT2D eigenvalue weighted by molar-refractivity contribution is 7.99. The molecule has 0 fully saturated rings. The molecule has 2 N–H and O–H groups in total. The smallest absolute Gasteiger partial charge is 0.338 e. The van der Waals surface area contributed by atoms with Crippen LogP contribution in [0.5, 0.6) is 5.75 Å². The van der Waals surface area contributed by atoms with E-state index in [0.717, 1.165) is 29.2 Å². The maximum atomic E-state index is 12.6. The zero-order chi connectivity index (χ0) is 18.9. The molecule has 1 heterocycles.